The molecule has 0 spiro atoms. The van der Waals surface area contributed by atoms with Crippen molar-refractivity contribution in [3.8, 4) is 0 Å². The Balaban J connectivity index is 2.58. The fraction of sp³-hybridized carbons (Fsp3) is 0.250. The first-order valence-electron chi connectivity index (χ1n) is 3.59. The molecule has 0 saturated heterocycles. The topological polar surface area (TPSA) is 37.8 Å². The third-order valence-electron chi connectivity index (χ3n) is 1.28. The van der Waals surface area contributed by atoms with Gasteiger partial charge in [0.05, 0.1) is 0 Å². The van der Waals surface area contributed by atoms with Gasteiger partial charge in [0.1, 0.15) is 10.8 Å². The molecule has 1 N–H and O–H groups in total. The second-order valence-corrected chi connectivity index (χ2v) is 2.96. The van der Waals surface area contributed by atoms with Gasteiger partial charge in [0.25, 0.3) is 0 Å². The lowest BCUT2D eigenvalue weighted by Crippen LogP contribution is -2.00. The smallest absolute Gasteiger partial charge is 0.148 e. The highest BCUT2D eigenvalue weighted by molar-refractivity contribution is 7.98. The highest BCUT2D eigenvalue weighted by Gasteiger charge is 1.93. The summed E-state index contributed by atoms with van der Waals surface area (Å²) in [4.78, 5) is 0. The Morgan fingerprint density at radius 1 is 1.58 bits per heavy atom. The summed E-state index contributed by atoms with van der Waals surface area (Å²) in [5.74, 6) is 0.785. The molecule has 0 radical (unpaired) electrons. The third-order valence-corrected chi connectivity index (χ3v) is 1.91. The van der Waals surface area contributed by atoms with E-state index in [4.69, 9.17) is 0 Å². The molecule has 0 amide bonds. The van der Waals surface area contributed by atoms with Crippen molar-refractivity contribution in [1.82, 2.24) is 10.2 Å². The van der Waals surface area contributed by atoms with Crippen LogP contribution in [0.25, 0.3) is 0 Å². The number of hydrogen-bond donors (Lipinski definition) is 1. The lowest BCUT2D eigenvalue weighted by atomic mass is 10.5. The first-order valence-corrected chi connectivity index (χ1v) is 4.82. The largest absolute Gasteiger partial charge is 0.365 e. The molecular formula is C8H11N3S. The maximum absolute atomic E-state index is 3.97. The van der Waals surface area contributed by atoms with Crippen LogP contribution in [-0.4, -0.2) is 23.0 Å². The van der Waals surface area contributed by atoms with Crippen LogP contribution in [0.5, 0.6) is 0 Å². The van der Waals surface area contributed by atoms with E-state index in [0.29, 0.717) is 6.54 Å². The maximum atomic E-state index is 3.97. The Labute approximate surface area is 76.3 Å². The van der Waals surface area contributed by atoms with Crippen molar-refractivity contribution in [2.75, 3.05) is 18.1 Å². The van der Waals surface area contributed by atoms with Crippen LogP contribution >= 0.6 is 11.8 Å². The van der Waals surface area contributed by atoms with Gasteiger partial charge in [-0.1, -0.05) is 6.08 Å². The van der Waals surface area contributed by atoms with E-state index in [0.717, 1.165) is 10.8 Å². The van der Waals surface area contributed by atoms with Crippen LogP contribution in [0.4, 0.5) is 5.82 Å². The molecule has 1 aromatic heterocycles. The number of anilines is 1. The minimum atomic E-state index is 0.716. The lowest BCUT2D eigenvalue weighted by Gasteiger charge is -2.00. The summed E-state index contributed by atoms with van der Waals surface area (Å²) in [5.41, 5.74) is 0. The van der Waals surface area contributed by atoms with Gasteiger partial charge in [0, 0.05) is 6.54 Å². The van der Waals surface area contributed by atoms with Crippen molar-refractivity contribution >= 4 is 17.6 Å². The van der Waals surface area contributed by atoms with E-state index < -0.39 is 0 Å². The Bertz CT molecular complexity index is 245. The first-order chi connectivity index (χ1) is 5.86. The molecule has 0 saturated carbocycles. The fourth-order valence-electron chi connectivity index (χ4n) is 0.700. The van der Waals surface area contributed by atoms with Crippen molar-refractivity contribution in [1.29, 1.82) is 0 Å². The summed E-state index contributed by atoms with van der Waals surface area (Å²) in [6.45, 7) is 4.31. The van der Waals surface area contributed by atoms with Gasteiger partial charge in [-0.05, 0) is 18.4 Å². The monoisotopic (exact) mass is 181 g/mol. The average Bonchev–Trinajstić information content (AvgIpc) is 2.15. The molecule has 0 bridgehead atoms. The van der Waals surface area contributed by atoms with Gasteiger partial charge in [-0.25, -0.2) is 0 Å². The van der Waals surface area contributed by atoms with Crippen molar-refractivity contribution in [3.05, 3.63) is 24.8 Å². The van der Waals surface area contributed by atoms with E-state index in [1.807, 2.05) is 18.4 Å². The third kappa shape index (κ3) is 2.54. The van der Waals surface area contributed by atoms with E-state index in [1.165, 1.54) is 0 Å². The van der Waals surface area contributed by atoms with Gasteiger partial charge in [0.15, 0.2) is 0 Å². The summed E-state index contributed by atoms with van der Waals surface area (Å²) >= 11 is 1.58. The molecule has 4 heteroatoms. The normalized spacial score (nSPS) is 9.42. The van der Waals surface area contributed by atoms with Crippen LogP contribution in [0, 0.1) is 0 Å². The summed E-state index contributed by atoms with van der Waals surface area (Å²) < 4.78 is 0. The van der Waals surface area contributed by atoms with Gasteiger partial charge in [0.2, 0.25) is 0 Å². The number of nitrogens with one attached hydrogen (secondary N) is 1. The second-order valence-electron chi connectivity index (χ2n) is 2.13. The zero-order chi connectivity index (χ0) is 8.81. The average molecular weight is 181 g/mol. The SMILES string of the molecule is C=CCNc1ccc(SC)nn1. The zero-order valence-corrected chi connectivity index (χ0v) is 7.77. The van der Waals surface area contributed by atoms with Crippen molar-refractivity contribution in [2.45, 2.75) is 5.03 Å². The zero-order valence-electron chi connectivity index (χ0n) is 6.95. The Morgan fingerprint density at radius 3 is 2.92 bits per heavy atom. The highest BCUT2D eigenvalue weighted by atomic mass is 32.2. The van der Waals surface area contributed by atoms with Crippen LogP contribution in [-0.2, 0) is 0 Å². The first kappa shape index (κ1) is 9.06. The highest BCUT2D eigenvalue weighted by Crippen LogP contribution is 2.10. The van der Waals surface area contributed by atoms with Crippen molar-refractivity contribution in [3.63, 3.8) is 0 Å². The Hall–Kier alpha value is -1.03. The van der Waals surface area contributed by atoms with Crippen LogP contribution in [0.2, 0.25) is 0 Å². The molecule has 0 atom stereocenters. The van der Waals surface area contributed by atoms with Crippen LogP contribution < -0.4 is 5.32 Å². The molecule has 0 unspecified atom stereocenters. The molecule has 0 aliphatic heterocycles. The van der Waals surface area contributed by atoms with Gasteiger partial charge < -0.3 is 5.32 Å². The molecule has 12 heavy (non-hydrogen) atoms. The molecule has 1 heterocycles. The van der Waals surface area contributed by atoms with Crippen LogP contribution in [0.1, 0.15) is 0 Å². The number of thioether (sulfide) groups is 1. The molecule has 1 aromatic rings. The van der Waals surface area contributed by atoms with Crippen molar-refractivity contribution in [2.24, 2.45) is 0 Å². The second kappa shape index (κ2) is 4.77. The number of aromatic nitrogens is 2. The molecule has 1 rings (SSSR count). The van der Waals surface area contributed by atoms with Gasteiger partial charge in [-0.15, -0.1) is 28.5 Å². The summed E-state index contributed by atoms with van der Waals surface area (Å²) in [6, 6.07) is 3.84. The fourth-order valence-corrected chi connectivity index (χ4v) is 1.03. The number of nitrogens with zero attached hydrogens (tertiary/aromatic N) is 2. The van der Waals surface area contributed by atoms with E-state index in [9.17, 15) is 0 Å². The molecule has 0 aromatic carbocycles. The Kier molecular flexibility index (Phi) is 3.60. The summed E-state index contributed by atoms with van der Waals surface area (Å²) in [6.07, 6.45) is 3.75. The van der Waals surface area contributed by atoms with Crippen LogP contribution in [0.15, 0.2) is 29.8 Å². The van der Waals surface area contributed by atoms with Crippen LogP contribution in [0.3, 0.4) is 0 Å². The summed E-state index contributed by atoms with van der Waals surface area (Å²) in [5, 5.41) is 11.9. The predicted molar refractivity (Wildman–Crippen MR) is 52.5 cm³/mol. The molecule has 0 fully saturated rings. The van der Waals surface area contributed by atoms with Gasteiger partial charge >= 0.3 is 0 Å². The molecular weight excluding hydrogens is 170 g/mol. The van der Waals surface area contributed by atoms with E-state index in [-0.39, 0.29) is 0 Å². The molecule has 0 aliphatic rings. The van der Waals surface area contributed by atoms with Gasteiger partial charge in [-0.3, -0.25) is 0 Å². The van der Waals surface area contributed by atoms with Gasteiger partial charge in [-0.2, -0.15) is 0 Å². The minimum absolute atomic E-state index is 0.716. The number of rotatable bonds is 4. The molecule has 3 nitrogen and oxygen atoms in total. The predicted octanol–water partition coefficient (Wildman–Crippen LogP) is 1.80. The molecule has 0 aliphatic carbocycles. The quantitative estimate of drug-likeness (QED) is 0.567. The minimum Gasteiger partial charge on any atom is -0.365 e. The lowest BCUT2D eigenvalue weighted by molar-refractivity contribution is 0.930. The van der Waals surface area contributed by atoms with E-state index in [1.54, 1.807) is 17.8 Å². The maximum Gasteiger partial charge on any atom is 0.148 e. The Morgan fingerprint density at radius 2 is 2.42 bits per heavy atom. The van der Waals surface area contributed by atoms with E-state index >= 15 is 0 Å². The number of hydrogen-bond acceptors (Lipinski definition) is 4. The standard InChI is InChI=1S/C8H11N3S/c1-3-6-9-7-4-5-8(12-2)11-10-7/h3-5H,1,6H2,2H3,(H,9,10). The summed E-state index contributed by atoms with van der Waals surface area (Å²) in [7, 11) is 0. The molecule has 64 valence electrons. The van der Waals surface area contributed by atoms with E-state index in [2.05, 4.69) is 22.1 Å². The van der Waals surface area contributed by atoms with Crippen molar-refractivity contribution < 1.29 is 0 Å².